The molecule has 0 amide bonds. The third kappa shape index (κ3) is 3.15. The number of aromatic hydroxyl groups is 1. The van der Waals surface area contributed by atoms with Crippen LogP contribution in [0.4, 0.5) is 8.78 Å². The normalized spacial score (nSPS) is 11.7. The lowest BCUT2D eigenvalue weighted by molar-refractivity contribution is 0.135. The molecule has 1 aromatic heterocycles. The van der Waals surface area contributed by atoms with E-state index in [4.69, 9.17) is 0 Å². The van der Waals surface area contributed by atoms with Crippen LogP contribution in [0.5, 0.6) is 5.75 Å². The van der Waals surface area contributed by atoms with Crippen molar-refractivity contribution in [3.63, 3.8) is 0 Å². The topological polar surface area (TPSA) is 63.3 Å². The van der Waals surface area contributed by atoms with Gasteiger partial charge < -0.3 is 5.11 Å². The summed E-state index contributed by atoms with van der Waals surface area (Å²) < 4.78 is 27.2. The number of halogens is 3. The van der Waals surface area contributed by atoms with Crippen molar-refractivity contribution in [2.24, 2.45) is 5.10 Å². The van der Waals surface area contributed by atoms with E-state index < -0.39 is 12.2 Å². The van der Waals surface area contributed by atoms with Crippen LogP contribution in [0, 0.1) is 0 Å². The Balaban J connectivity index is 2.40. The fraction of sp³-hybridized carbons (Fsp3) is 0.182. The van der Waals surface area contributed by atoms with Crippen LogP contribution in [0.25, 0.3) is 0 Å². The lowest BCUT2D eigenvalue weighted by Crippen LogP contribution is -2.00. The SMILES string of the molecule is CSc1nnc(C(F)F)n1/N=C\c1cc(O)ccc1Br. The first kappa shape index (κ1) is 14.9. The van der Waals surface area contributed by atoms with Gasteiger partial charge in [0.15, 0.2) is 0 Å². The van der Waals surface area contributed by atoms with Gasteiger partial charge >= 0.3 is 0 Å². The van der Waals surface area contributed by atoms with E-state index in [1.165, 1.54) is 18.3 Å². The molecule has 1 N–H and O–H groups in total. The maximum Gasteiger partial charge on any atom is 0.299 e. The molecule has 0 atom stereocenters. The Kier molecular flexibility index (Phi) is 4.71. The number of phenolic OH excluding ortho intramolecular Hbond substituents is 1. The van der Waals surface area contributed by atoms with E-state index in [0.29, 0.717) is 10.0 Å². The number of alkyl halides is 2. The van der Waals surface area contributed by atoms with Crippen molar-refractivity contribution in [3.05, 3.63) is 34.1 Å². The van der Waals surface area contributed by atoms with Gasteiger partial charge in [0.25, 0.3) is 6.43 Å². The molecule has 0 unspecified atom stereocenters. The molecule has 1 aromatic carbocycles. The van der Waals surface area contributed by atoms with Crippen molar-refractivity contribution in [3.8, 4) is 5.75 Å². The van der Waals surface area contributed by atoms with Gasteiger partial charge in [-0.1, -0.05) is 27.7 Å². The smallest absolute Gasteiger partial charge is 0.299 e. The van der Waals surface area contributed by atoms with Crippen LogP contribution in [0.15, 0.2) is 32.9 Å². The fourth-order valence-corrected chi connectivity index (χ4v) is 2.18. The van der Waals surface area contributed by atoms with Crippen LogP contribution in [0.3, 0.4) is 0 Å². The largest absolute Gasteiger partial charge is 0.508 e. The van der Waals surface area contributed by atoms with Crippen LogP contribution in [-0.4, -0.2) is 32.5 Å². The molecule has 0 radical (unpaired) electrons. The molecule has 2 rings (SSSR count). The minimum Gasteiger partial charge on any atom is -0.508 e. The van der Waals surface area contributed by atoms with E-state index in [9.17, 15) is 13.9 Å². The number of hydrogen-bond acceptors (Lipinski definition) is 5. The molecule has 2 aromatic rings. The minimum atomic E-state index is -2.77. The lowest BCUT2D eigenvalue weighted by Gasteiger charge is -2.03. The van der Waals surface area contributed by atoms with Gasteiger partial charge in [-0.05, 0) is 24.5 Å². The molecular formula is C11H9BrF2N4OS. The number of aromatic nitrogens is 3. The van der Waals surface area contributed by atoms with E-state index in [0.717, 1.165) is 16.4 Å². The van der Waals surface area contributed by atoms with Gasteiger partial charge in [0.1, 0.15) is 5.75 Å². The first-order chi connectivity index (χ1) is 9.52. The van der Waals surface area contributed by atoms with Crippen molar-refractivity contribution in [1.82, 2.24) is 14.9 Å². The fourth-order valence-electron chi connectivity index (χ4n) is 1.40. The number of benzene rings is 1. The summed E-state index contributed by atoms with van der Waals surface area (Å²) in [6.07, 6.45) is 0.266. The monoisotopic (exact) mass is 362 g/mol. The van der Waals surface area contributed by atoms with E-state index in [1.54, 1.807) is 12.3 Å². The summed E-state index contributed by atoms with van der Waals surface area (Å²) in [7, 11) is 0. The molecule has 0 aliphatic rings. The molecule has 106 valence electrons. The summed E-state index contributed by atoms with van der Waals surface area (Å²) in [5.74, 6) is -0.473. The molecule has 5 nitrogen and oxygen atoms in total. The van der Waals surface area contributed by atoms with E-state index in [2.05, 4.69) is 31.2 Å². The van der Waals surface area contributed by atoms with E-state index >= 15 is 0 Å². The highest BCUT2D eigenvalue weighted by Crippen LogP contribution is 2.23. The molecule has 20 heavy (non-hydrogen) atoms. The van der Waals surface area contributed by atoms with Crippen molar-refractivity contribution in [2.45, 2.75) is 11.6 Å². The minimum absolute atomic E-state index is 0.0533. The van der Waals surface area contributed by atoms with Gasteiger partial charge in [-0.3, -0.25) is 0 Å². The van der Waals surface area contributed by atoms with Gasteiger partial charge in [-0.25, -0.2) is 8.78 Å². The highest BCUT2D eigenvalue weighted by molar-refractivity contribution is 9.10. The van der Waals surface area contributed by atoms with Gasteiger partial charge in [-0.2, -0.15) is 9.78 Å². The van der Waals surface area contributed by atoms with Crippen LogP contribution in [0.1, 0.15) is 17.8 Å². The van der Waals surface area contributed by atoms with Crippen molar-refractivity contribution in [2.75, 3.05) is 6.26 Å². The summed E-state index contributed by atoms with van der Waals surface area (Å²) in [4.78, 5) is 0. The lowest BCUT2D eigenvalue weighted by atomic mass is 10.2. The predicted molar refractivity (Wildman–Crippen MR) is 75.6 cm³/mol. The molecule has 0 aliphatic carbocycles. The third-order valence-corrected chi connectivity index (χ3v) is 3.65. The highest BCUT2D eigenvalue weighted by Gasteiger charge is 2.19. The van der Waals surface area contributed by atoms with Crippen molar-refractivity contribution in [1.29, 1.82) is 0 Å². The summed E-state index contributed by atoms with van der Waals surface area (Å²) in [6.45, 7) is 0. The van der Waals surface area contributed by atoms with Gasteiger partial charge in [0.05, 0.1) is 6.21 Å². The molecule has 1 heterocycles. The van der Waals surface area contributed by atoms with Crippen LogP contribution in [-0.2, 0) is 0 Å². The first-order valence-electron chi connectivity index (χ1n) is 5.33. The molecule has 0 aliphatic heterocycles. The standard InChI is InChI=1S/C11H9BrF2N4OS/c1-20-11-17-16-10(9(13)14)18(11)15-5-6-4-7(19)2-3-8(6)12/h2-5,9,19H,1H3/b15-5-. The van der Waals surface area contributed by atoms with E-state index in [-0.39, 0.29) is 10.9 Å². The Hall–Kier alpha value is -1.48. The Labute approximate surface area is 125 Å². The zero-order chi connectivity index (χ0) is 14.7. The number of phenols is 1. The Bertz CT molecular complexity index is 647. The van der Waals surface area contributed by atoms with Crippen molar-refractivity contribution >= 4 is 33.9 Å². The number of hydrogen-bond donors (Lipinski definition) is 1. The summed E-state index contributed by atoms with van der Waals surface area (Å²) in [5.41, 5.74) is 0.547. The number of rotatable bonds is 4. The molecule has 9 heteroatoms. The Morgan fingerprint density at radius 2 is 2.20 bits per heavy atom. The summed E-state index contributed by atoms with van der Waals surface area (Å²) >= 11 is 4.44. The van der Waals surface area contributed by atoms with E-state index in [1.807, 2.05) is 0 Å². The molecule has 0 saturated carbocycles. The zero-order valence-electron chi connectivity index (χ0n) is 10.2. The molecule has 0 fully saturated rings. The third-order valence-electron chi connectivity index (χ3n) is 2.31. The number of nitrogens with zero attached hydrogens (tertiary/aromatic N) is 4. The summed E-state index contributed by atoms with van der Waals surface area (Å²) in [5, 5.41) is 20.6. The van der Waals surface area contributed by atoms with Crippen LogP contribution >= 0.6 is 27.7 Å². The van der Waals surface area contributed by atoms with Crippen LogP contribution in [0.2, 0.25) is 0 Å². The zero-order valence-corrected chi connectivity index (χ0v) is 12.6. The first-order valence-corrected chi connectivity index (χ1v) is 7.35. The molecular weight excluding hydrogens is 354 g/mol. The molecule has 0 bridgehead atoms. The maximum atomic E-state index is 12.8. The average Bonchev–Trinajstić information content (AvgIpc) is 2.82. The Morgan fingerprint density at radius 1 is 1.45 bits per heavy atom. The predicted octanol–water partition coefficient (Wildman–Crippen LogP) is 3.29. The molecule has 0 spiro atoms. The maximum absolute atomic E-state index is 12.8. The summed E-state index contributed by atoms with van der Waals surface area (Å²) in [6, 6.07) is 4.59. The second-order valence-corrected chi connectivity index (χ2v) is 5.24. The van der Waals surface area contributed by atoms with Crippen LogP contribution < -0.4 is 0 Å². The number of thioether (sulfide) groups is 1. The average molecular weight is 363 g/mol. The van der Waals surface area contributed by atoms with Crippen molar-refractivity contribution < 1.29 is 13.9 Å². The van der Waals surface area contributed by atoms with Gasteiger partial charge in [0, 0.05) is 10.0 Å². The second-order valence-electron chi connectivity index (χ2n) is 3.61. The highest BCUT2D eigenvalue weighted by atomic mass is 79.9. The second kappa shape index (κ2) is 6.31. The quantitative estimate of drug-likeness (QED) is 0.669. The Morgan fingerprint density at radius 3 is 2.85 bits per heavy atom. The molecule has 0 saturated heterocycles. The van der Waals surface area contributed by atoms with Gasteiger partial charge in [-0.15, -0.1) is 10.2 Å². The van der Waals surface area contributed by atoms with Gasteiger partial charge in [0.2, 0.25) is 11.0 Å².